The van der Waals surface area contributed by atoms with Gasteiger partial charge < -0.3 is 19.5 Å². The Morgan fingerprint density at radius 1 is 1.00 bits per heavy atom. The summed E-state index contributed by atoms with van der Waals surface area (Å²) in [7, 11) is -6.23. The Hall–Kier alpha value is -0.840. The van der Waals surface area contributed by atoms with Gasteiger partial charge in [-0.1, -0.05) is 0 Å². The quantitative estimate of drug-likeness (QED) is 0.509. The molecule has 10 heteroatoms. The van der Waals surface area contributed by atoms with Crippen molar-refractivity contribution in [3.05, 3.63) is 0 Å². The predicted octanol–water partition coefficient (Wildman–Crippen LogP) is 1.92. The number of alkyl halides is 2. The van der Waals surface area contributed by atoms with E-state index in [2.05, 4.69) is 0 Å². The molecule has 0 radical (unpaired) electrons. The second-order valence-electron chi connectivity index (χ2n) is 10.2. The summed E-state index contributed by atoms with van der Waals surface area (Å²) in [6, 6.07) is 0. The number of hydrogen-bond acceptors (Lipinski definition) is 7. The molecule has 0 aromatic carbocycles. The zero-order valence-electron chi connectivity index (χ0n) is 16.4. The predicted molar refractivity (Wildman–Crippen MR) is 92.1 cm³/mol. The highest BCUT2D eigenvalue weighted by molar-refractivity contribution is 7.87. The highest BCUT2D eigenvalue weighted by Crippen LogP contribution is 2.72. The summed E-state index contributed by atoms with van der Waals surface area (Å²) < 4.78 is 65.2. The van der Waals surface area contributed by atoms with Crippen molar-refractivity contribution >= 4 is 16.1 Å². The van der Waals surface area contributed by atoms with E-state index >= 15 is 0 Å². The van der Waals surface area contributed by atoms with Crippen molar-refractivity contribution < 1.29 is 41.5 Å². The fourth-order valence-electron chi connectivity index (χ4n) is 6.19. The maximum atomic E-state index is 13.8. The third-order valence-corrected chi connectivity index (χ3v) is 8.27. The average molecular weight is 425 g/mol. The van der Waals surface area contributed by atoms with Crippen LogP contribution in [0.2, 0.25) is 0 Å². The lowest BCUT2D eigenvalue weighted by Crippen LogP contribution is -2.70. The molecule has 4 rings (SSSR count). The normalized spacial score (nSPS) is 38.5. The molecule has 7 nitrogen and oxygen atoms in total. The van der Waals surface area contributed by atoms with Crippen LogP contribution in [0, 0.1) is 16.7 Å². The Morgan fingerprint density at radius 3 is 1.79 bits per heavy atom. The van der Waals surface area contributed by atoms with E-state index in [4.69, 9.17) is 4.74 Å². The van der Waals surface area contributed by atoms with Gasteiger partial charge in [-0.2, -0.15) is 8.78 Å². The van der Waals surface area contributed by atoms with E-state index in [1.807, 2.05) is 0 Å². The van der Waals surface area contributed by atoms with Crippen LogP contribution in [0.15, 0.2) is 0 Å². The molecule has 4 aliphatic carbocycles. The number of carbonyl (C=O) groups is 1. The molecule has 0 saturated heterocycles. The first-order valence-corrected chi connectivity index (χ1v) is 10.7. The van der Waals surface area contributed by atoms with Gasteiger partial charge in [0.05, 0.1) is 11.2 Å². The van der Waals surface area contributed by atoms with Crippen molar-refractivity contribution in [2.45, 2.75) is 88.3 Å². The molecule has 0 amide bonds. The molecule has 4 saturated carbocycles. The van der Waals surface area contributed by atoms with Crippen molar-refractivity contribution in [1.82, 2.24) is 0 Å². The summed E-state index contributed by atoms with van der Waals surface area (Å²) >= 11 is 0. The van der Waals surface area contributed by atoms with Gasteiger partial charge in [0.1, 0.15) is 5.60 Å². The standard InChI is InChI=1S/C18H28F2O7S/c1-13(2,22)15-5-11-6-16(8-15,14(3,4)23)10-17(7-11,9-15)27-12(21)18(19,20)28(24,25)26/h11,22-23H,5-10H2,1-4H3,(H,24,25,26)/p-1. The number of halogens is 2. The summed E-state index contributed by atoms with van der Waals surface area (Å²) in [5, 5.41) is 16.6. The van der Waals surface area contributed by atoms with Gasteiger partial charge in [0.25, 0.3) is 0 Å². The van der Waals surface area contributed by atoms with Gasteiger partial charge in [-0.05, 0) is 72.1 Å². The molecule has 2 N–H and O–H groups in total. The first-order chi connectivity index (χ1) is 12.3. The molecule has 0 aromatic heterocycles. The second-order valence-corrected chi connectivity index (χ2v) is 11.7. The van der Waals surface area contributed by atoms with E-state index in [0.29, 0.717) is 19.3 Å². The SMILES string of the molecule is CC(C)(O)C12CC3CC(OC(=O)C(F)(F)S(=O)(=O)[O-])(C1)CC(C(C)(C)O)(C3)C2. The number of esters is 1. The maximum Gasteiger partial charge on any atom is 0.428 e. The Bertz CT molecular complexity index is 764. The number of ether oxygens (including phenoxy) is 1. The maximum absolute atomic E-state index is 13.8. The highest BCUT2D eigenvalue weighted by atomic mass is 32.2. The Labute approximate surface area is 163 Å². The third-order valence-electron chi connectivity index (χ3n) is 7.47. The first kappa shape index (κ1) is 21.9. The van der Waals surface area contributed by atoms with Crippen LogP contribution in [0.25, 0.3) is 0 Å². The fraction of sp³-hybridized carbons (Fsp3) is 0.944. The monoisotopic (exact) mass is 425 g/mol. The second kappa shape index (κ2) is 5.65. The Balaban J connectivity index is 2.06. The number of carbonyl (C=O) groups excluding carboxylic acids is 1. The molecular formula is C18H27F2O7S-. The van der Waals surface area contributed by atoms with Crippen molar-refractivity contribution in [3.8, 4) is 0 Å². The van der Waals surface area contributed by atoms with Crippen molar-refractivity contribution in [1.29, 1.82) is 0 Å². The van der Waals surface area contributed by atoms with Crippen LogP contribution in [-0.2, 0) is 19.6 Å². The largest absolute Gasteiger partial charge is 0.743 e. The molecule has 2 unspecified atom stereocenters. The molecule has 2 atom stereocenters. The number of aliphatic hydroxyl groups is 2. The minimum atomic E-state index is -6.23. The van der Waals surface area contributed by atoms with Crippen molar-refractivity contribution in [2.75, 3.05) is 0 Å². The molecule has 4 fully saturated rings. The zero-order chi connectivity index (χ0) is 21.6. The Morgan fingerprint density at radius 2 is 1.43 bits per heavy atom. The van der Waals surface area contributed by atoms with Crippen LogP contribution in [0.1, 0.15) is 66.2 Å². The first-order valence-electron chi connectivity index (χ1n) is 9.30. The lowest BCUT2D eigenvalue weighted by Gasteiger charge is -2.70. The average Bonchev–Trinajstić information content (AvgIpc) is 2.41. The van der Waals surface area contributed by atoms with E-state index in [1.54, 1.807) is 27.7 Å². The minimum Gasteiger partial charge on any atom is -0.743 e. The third kappa shape index (κ3) is 2.98. The van der Waals surface area contributed by atoms with Gasteiger partial charge >= 0.3 is 11.2 Å². The summed E-state index contributed by atoms with van der Waals surface area (Å²) in [4.78, 5) is 12.0. The molecule has 28 heavy (non-hydrogen) atoms. The van der Waals surface area contributed by atoms with Crippen LogP contribution in [0.5, 0.6) is 0 Å². The smallest absolute Gasteiger partial charge is 0.428 e. The molecule has 0 aliphatic heterocycles. The van der Waals surface area contributed by atoms with Crippen LogP contribution in [-0.4, -0.2) is 51.2 Å². The lowest BCUT2D eigenvalue weighted by atomic mass is 9.37. The van der Waals surface area contributed by atoms with Gasteiger partial charge in [-0.25, -0.2) is 13.2 Å². The van der Waals surface area contributed by atoms with E-state index < -0.39 is 49.0 Å². The van der Waals surface area contributed by atoms with Crippen molar-refractivity contribution in [2.24, 2.45) is 16.7 Å². The summed E-state index contributed by atoms with van der Waals surface area (Å²) in [5.74, 6) is -2.49. The van der Waals surface area contributed by atoms with Crippen LogP contribution in [0.3, 0.4) is 0 Å². The molecule has 4 aliphatic rings. The van der Waals surface area contributed by atoms with Gasteiger partial charge in [0.15, 0.2) is 10.1 Å². The minimum absolute atomic E-state index is 0.0680. The summed E-state index contributed by atoms with van der Waals surface area (Å²) in [6.07, 6.45) is 1.97. The zero-order valence-corrected chi connectivity index (χ0v) is 17.2. The lowest BCUT2D eigenvalue weighted by molar-refractivity contribution is -0.288. The number of rotatable bonds is 5. The van der Waals surface area contributed by atoms with E-state index in [9.17, 15) is 36.8 Å². The van der Waals surface area contributed by atoms with E-state index in [-0.39, 0.29) is 25.2 Å². The molecule has 0 heterocycles. The molecule has 4 bridgehead atoms. The fourth-order valence-corrected chi connectivity index (χ4v) is 6.43. The number of hydrogen-bond donors (Lipinski definition) is 2. The Kier molecular flexibility index (Phi) is 4.41. The van der Waals surface area contributed by atoms with Crippen LogP contribution in [0.4, 0.5) is 8.78 Å². The highest BCUT2D eigenvalue weighted by Gasteiger charge is 2.71. The summed E-state index contributed by atoms with van der Waals surface area (Å²) in [5.41, 5.74) is -5.54. The van der Waals surface area contributed by atoms with E-state index in [1.165, 1.54) is 0 Å². The van der Waals surface area contributed by atoms with E-state index in [0.717, 1.165) is 0 Å². The van der Waals surface area contributed by atoms with Gasteiger partial charge in [-0.15, -0.1) is 0 Å². The molecule has 0 aromatic rings. The topological polar surface area (TPSA) is 124 Å². The molecular weight excluding hydrogens is 398 g/mol. The molecule has 0 spiro atoms. The van der Waals surface area contributed by atoms with Crippen molar-refractivity contribution in [3.63, 3.8) is 0 Å². The van der Waals surface area contributed by atoms with Gasteiger partial charge in [0, 0.05) is 10.8 Å². The van der Waals surface area contributed by atoms with Crippen LogP contribution >= 0.6 is 0 Å². The van der Waals surface area contributed by atoms with Gasteiger partial charge in [0.2, 0.25) is 0 Å². The van der Waals surface area contributed by atoms with Crippen LogP contribution < -0.4 is 0 Å². The van der Waals surface area contributed by atoms with Gasteiger partial charge in [-0.3, -0.25) is 0 Å². The summed E-state index contributed by atoms with van der Waals surface area (Å²) in [6.45, 7) is 6.41. The molecule has 162 valence electrons.